The van der Waals surface area contributed by atoms with Gasteiger partial charge in [0.2, 0.25) is 5.91 Å². The van der Waals surface area contributed by atoms with Crippen molar-refractivity contribution < 1.29 is 14.3 Å². The number of ether oxygens (including phenoxy) is 2. The number of aryl methyl sites for hydroxylation is 1. The molecule has 1 aliphatic heterocycles. The molecule has 0 bridgehead atoms. The van der Waals surface area contributed by atoms with E-state index in [-0.39, 0.29) is 17.9 Å². The van der Waals surface area contributed by atoms with E-state index < -0.39 is 5.92 Å². The lowest BCUT2D eigenvalue weighted by atomic mass is 9.86. The van der Waals surface area contributed by atoms with E-state index in [4.69, 9.17) is 9.47 Å². The SMILES string of the molecule is COc1ccc(C2CC(=O)Nc3c2c(=O)nc(SCc2ccccc2C)n3C)c(OC)c1. The first-order valence-corrected chi connectivity index (χ1v) is 11.2. The molecule has 3 aromatic rings. The maximum Gasteiger partial charge on any atom is 0.279 e. The van der Waals surface area contributed by atoms with Crippen molar-refractivity contribution in [3.8, 4) is 11.5 Å². The maximum atomic E-state index is 13.2. The lowest BCUT2D eigenvalue weighted by molar-refractivity contribution is -0.116. The fourth-order valence-corrected chi connectivity index (χ4v) is 4.99. The summed E-state index contributed by atoms with van der Waals surface area (Å²) in [6.45, 7) is 2.06. The van der Waals surface area contributed by atoms with Gasteiger partial charge < -0.3 is 19.4 Å². The summed E-state index contributed by atoms with van der Waals surface area (Å²) in [5.41, 5.74) is 3.24. The standard InChI is InChI=1S/C24H25N3O4S/c1-14-7-5-6-8-15(14)13-32-24-26-23(29)21-18(12-20(28)25-22(21)27(24)2)17-10-9-16(30-3)11-19(17)31-4/h5-11,18H,12-13H2,1-4H3,(H,25,28). The molecule has 8 heteroatoms. The summed E-state index contributed by atoms with van der Waals surface area (Å²) in [5, 5.41) is 3.44. The molecule has 0 fully saturated rings. The second-order valence-corrected chi connectivity index (χ2v) is 8.59. The van der Waals surface area contributed by atoms with Crippen LogP contribution in [0.4, 0.5) is 5.82 Å². The zero-order valence-corrected chi connectivity index (χ0v) is 19.3. The van der Waals surface area contributed by atoms with E-state index in [9.17, 15) is 9.59 Å². The number of fused-ring (bicyclic) bond motifs is 1. The number of aromatic nitrogens is 2. The second-order valence-electron chi connectivity index (χ2n) is 7.65. The number of methoxy groups -OCH3 is 2. The lowest BCUT2D eigenvalue weighted by Crippen LogP contribution is -2.33. The number of hydrogen-bond acceptors (Lipinski definition) is 6. The fourth-order valence-electron chi connectivity index (χ4n) is 3.95. The van der Waals surface area contributed by atoms with Crippen LogP contribution in [-0.2, 0) is 17.6 Å². The first-order valence-electron chi connectivity index (χ1n) is 10.2. The highest BCUT2D eigenvalue weighted by atomic mass is 32.2. The molecule has 1 N–H and O–H groups in total. The number of amides is 1. The van der Waals surface area contributed by atoms with Gasteiger partial charge in [-0.3, -0.25) is 9.59 Å². The normalized spacial score (nSPS) is 15.1. The van der Waals surface area contributed by atoms with Gasteiger partial charge in [-0.1, -0.05) is 42.1 Å². The Hall–Kier alpha value is -3.26. The Bertz CT molecular complexity index is 1240. The molecule has 1 atom stereocenters. The van der Waals surface area contributed by atoms with Crippen molar-refractivity contribution in [2.45, 2.75) is 30.2 Å². The van der Waals surface area contributed by atoms with Crippen molar-refractivity contribution in [2.24, 2.45) is 7.05 Å². The molecule has 0 saturated heterocycles. The molecule has 1 aliphatic rings. The zero-order chi connectivity index (χ0) is 22.8. The van der Waals surface area contributed by atoms with Gasteiger partial charge in [-0.25, -0.2) is 0 Å². The highest BCUT2D eigenvalue weighted by Gasteiger charge is 2.33. The third-order valence-corrected chi connectivity index (χ3v) is 6.81. The monoisotopic (exact) mass is 451 g/mol. The Morgan fingerprint density at radius 3 is 2.66 bits per heavy atom. The van der Waals surface area contributed by atoms with Crippen LogP contribution in [0, 0.1) is 6.92 Å². The van der Waals surface area contributed by atoms with Crippen LogP contribution in [0.5, 0.6) is 11.5 Å². The van der Waals surface area contributed by atoms with Crippen LogP contribution in [0.1, 0.15) is 34.6 Å². The molecule has 0 radical (unpaired) electrons. The van der Waals surface area contributed by atoms with E-state index in [0.717, 1.165) is 5.56 Å². The van der Waals surface area contributed by atoms with Crippen molar-refractivity contribution in [3.05, 3.63) is 75.1 Å². The molecule has 2 aromatic carbocycles. The summed E-state index contributed by atoms with van der Waals surface area (Å²) in [5.74, 6) is 1.75. The average Bonchev–Trinajstić information content (AvgIpc) is 2.80. The summed E-state index contributed by atoms with van der Waals surface area (Å²) < 4.78 is 12.6. The summed E-state index contributed by atoms with van der Waals surface area (Å²) in [6.07, 6.45) is 0.141. The Labute approximate surface area is 190 Å². The first kappa shape index (κ1) is 22.0. The number of hydrogen-bond donors (Lipinski definition) is 1. The molecule has 1 unspecified atom stereocenters. The molecule has 2 heterocycles. The number of anilines is 1. The molecule has 4 rings (SSSR count). The van der Waals surface area contributed by atoms with Crippen LogP contribution in [0.2, 0.25) is 0 Å². The van der Waals surface area contributed by atoms with Gasteiger partial charge in [0.25, 0.3) is 5.56 Å². The number of thioether (sulfide) groups is 1. The molecule has 166 valence electrons. The summed E-state index contributed by atoms with van der Waals surface area (Å²) >= 11 is 1.47. The van der Waals surface area contributed by atoms with E-state index in [1.54, 1.807) is 30.9 Å². The van der Waals surface area contributed by atoms with Crippen molar-refractivity contribution in [1.29, 1.82) is 0 Å². The zero-order valence-electron chi connectivity index (χ0n) is 18.5. The van der Waals surface area contributed by atoms with Crippen LogP contribution >= 0.6 is 11.8 Å². The van der Waals surface area contributed by atoms with Crippen LogP contribution < -0.4 is 20.3 Å². The highest BCUT2D eigenvalue weighted by Crippen LogP contribution is 2.40. The topological polar surface area (TPSA) is 82.5 Å². The van der Waals surface area contributed by atoms with Crippen LogP contribution in [-0.4, -0.2) is 29.7 Å². The van der Waals surface area contributed by atoms with Gasteiger partial charge in [-0.05, 0) is 24.1 Å². The molecule has 32 heavy (non-hydrogen) atoms. The fraction of sp³-hybridized carbons (Fsp3) is 0.292. The summed E-state index contributed by atoms with van der Waals surface area (Å²) in [6, 6.07) is 13.5. The number of carbonyl (C=O) groups excluding carboxylic acids is 1. The molecular formula is C24H25N3O4S. The third-order valence-electron chi connectivity index (χ3n) is 5.73. The van der Waals surface area contributed by atoms with E-state index >= 15 is 0 Å². The van der Waals surface area contributed by atoms with E-state index in [1.807, 2.05) is 25.2 Å². The van der Waals surface area contributed by atoms with Gasteiger partial charge in [0, 0.05) is 36.8 Å². The minimum Gasteiger partial charge on any atom is -0.497 e. The number of benzene rings is 2. The smallest absolute Gasteiger partial charge is 0.279 e. The molecule has 1 amide bonds. The van der Waals surface area contributed by atoms with Gasteiger partial charge in [0.15, 0.2) is 5.16 Å². The van der Waals surface area contributed by atoms with Crippen LogP contribution in [0.3, 0.4) is 0 Å². The average molecular weight is 452 g/mol. The number of nitrogens with one attached hydrogen (secondary N) is 1. The van der Waals surface area contributed by atoms with Gasteiger partial charge in [-0.2, -0.15) is 4.98 Å². The number of nitrogens with zero attached hydrogens (tertiary/aromatic N) is 2. The lowest BCUT2D eigenvalue weighted by Gasteiger charge is -2.28. The van der Waals surface area contributed by atoms with E-state index in [0.29, 0.717) is 33.8 Å². The molecule has 0 saturated carbocycles. The predicted molar refractivity (Wildman–Crippen MR) is 125 cm³/mol. The predicted octanol–water partition coefficient (Wildman–Crippen LogP) is 3.87. The van der Waals surface area contributed by atoms with Gasteiger partial charge in [-0.15, -0.1) is 0 Å². The van der Waals surface area contributed by atoms with Gasteiger partial charge in [0.05, 0.1) is 19.8 Å². The van der Waals surface area contributed by atoms with Crippen LogP contribution in [0.25, 0.3) is 0 Å². The van der Waals surface area contributed by atoms with E-state index in [1.165, 1.54) is 22.9 Å². The molecule has 7 nitrogen and oxygen atoms in total. The number of rotatable bonds is 6. The van der Waals surface area contributed by atoms with Crippen molar-refractivity contribution in [1.82, 2.24) is 9.55 Å². The Balaban J connectivity index is 1.75. The van der Waals surface area contributed by atoms with Crippen molar-refractivity contribution >= 4 is 23.5 Å². The largest absolute Gasteiger partial charge is 0.497 e. The number of carbonyl (C=O) groups is 1. The molecule has 0 spiro atoms. The molecular weight excluding hydrogens is 426 g/mol. The Kier molecular flexibility index (Phi) is 6.23. The Morgan fingerprint density at radius 1 is 1.16 bits per heavy atom. The third kappa shape index (κ3) is 4.10. The minimum absolute atomic E-state index is 0.141. The summed E-state index contributed by atoms with van der Waals surface area (Å²) in [4.78, 5) is 30.2. The van der Waals surface area contributed by atoms with Gasteiger partial charge >= 0.3 is 0 Å². The maximum absolute atomic E-state index is 13.2. The van der Waals surface area contributed by atoms with Crippen molar-refractivity contribution in [2.75, 3.05) is 19.5 Å². The van der Waals surface area contributed by atoms with Crippen molar-refractivity contribution in [3.63, 3.8) is 0 Å². The van der Waals surface area contributed by atoms with Gasteiger partial charge in [0.1, 0.15) is 17.3 Å². The molecule has 0 aliphatic carbocycles. The highest BCUT2D eigenvalue weighted by molar-refractivity contribution is 7.98. The first-order chi connectivity index (χ1) is 15.4. The quantitative estimate of drug-likeness (QED) is 0.453. The summed E-state index contributed by atoms with van der Waals surface area (Å²) in [7, 11) is 4.96. The Morgan fingerprint density at radius 2 is 1.94 bits per heavy atom. The minimum atomic E-state index is -0.457. The molecule has 1 aromatic heterocycles. The van der Waals surface area contributed by atoms with Crippen LogP contribution in [0.15, 0.2) is 52.4 Å². The van der Waals surface area contributed by atoms with E-state index in [2.05, 4.69) is 29.4 Å². The second kappa shape index (κ2) is 9.08.